The number of piperidine rings is 1. The van der Waals surface area contributed by atoms with E-state index in [-0.39, 0.29) is 18.0 Å². The van der Waals surface area contributed by atoms with Gasteiger partial charge >= 0.3 is 6.03 Å². The summed E-state index contributed by atoms with van der Waals surface area (Å²) in [6, 6.07) is 20.9. The second-order valence-corrected chi connectivity index (χ2v) is 13.1. The Labute approximate surface area is 283 Å². The molecule has 11 heteroatoms. The van der Waals surface area contributed by atoms with Gasteiger partial charge in [0.1, 0.15) is 5.75 Å². The van der Waals surface area contributed by atoms with Crippen LogP contribution in [0.15, 0.2) is 79.1 Å². The summed E-state index contributed by atoms with van der Waals surface area (Å²) in [7, 11) is 0. The van der Waals surface area contributed by atoms with E-state index in [0.717, 1.165) is 43.7 Å². The molecule has 9 nitrogen and oxygen atoms in total. The zero-order valence-electron chi connectivity index (χ0n) is 26.6. The maximum atomic E-state index is 13.1. The first-order valence-corrected chi connectivity index (χ1v) is 17.3. The third kappa shape index (κ3) is 7.96. The van der Waals surface area contributed by atoms with Gasteiger partial charge in [-0.2, -0.15) is 0 Å². The number of aromatic nitrogens is 2. The van der Waals surface area contributed by atoms with Gasteiger partial charge in [0.05, 0.1) is 16.7 Å². The average molecular weight is 671 g/mol. The van der Waals surface area contributed by atoms with Crippen LogP contribution in [-0.2, 0) is 6.54 Å². The lowest BCUT2D eigenvalue weighted by Crippen LogP contribution is -2.37. The summed E-state index contributed by atoms with van der Waals surface area (Å²) in [6.45, 7) is 7.30. The Bertz CT molecular complexity index is 1840. The predicted molar refractivity (Wildman–Crippen MR) is 191 cm³/mol. The average Bonchev–Trinajstić information content (AvgIpc) is 3.69. The van der Waals surface area contributed by atoms with Gasteiger partial charge in [-0.1, -0.05) is 61.4 Å². The van der Waals surface area contributed by atoms with Crippen LogP contribution in [0.3, 0.4) is 0 Å². The lowest BCUT2D eigenvalue weighted by atomic mass is 10.1. The number of nitrogens with one attached hydrogen (secondary N) is 3. The maximum Gasteiger partial charge on any atom is 0.319 e. The molecule has 244 valence electrons. The second kappa shape index (κ2) is 15.0. The van der Waals surface area contributed by atoms with Crippen molar-refractivity contribution in [2.24, 2.45) is 0 Å². The number of fused-ring (bicyclic) bond motifs is 1. The summed E-state index contributed by atoms with van der Waals surface area (Å²) in [4.78, 5) is 32.2. The minimum atomic E-state index is -0.281. The summed E-state index contributed by atoms with van der Waals surface area (Å²) < 4.78 is 8.13. The molecule has 1 aliphatic rings. The lowest BCUT2D eigenvalue weighted by molar-refractivity contribution is 0.102. The molecule has 6 rings (SSSR count). The van der Waals surface area contributed by atoms with Gasteiger partial charge in [0.25, 0.3) is 5.91 Å². The van der Waals surface area contributed by atoms with E-state index in [1.165, 1.54) is 47.7 Å². The van der Waals surface area contributed by atoms with Crippen molar-refractivity contribution in [3.8, 4) is 16.5 Å². The molecule has 0 unspecified atom stereocenters. The van der Waals surface area contributed by atoms with E-state index >= 15 is 0 Å². The normalized spacial score (nSPS) is 13.5. The molecule has 5 aromatic rings. The molecule has 0 atom stereocenters. The van der Waals surface area contributed by atoms with E-state index in [4.69, 9.17) is 16.3 Å². The molecule has 3 heterocycles. The van der Waals surface area contributed by atoms with Crippen molar-refractivity contribution < 1.29 is 14.3 Å². The SMILES string of the molecule is CCC(CC)NC(=O)Nc1ccc(Oc2cnc(NC(=O)c3ccc(-n4cc(CN5CCCCC5)c5ccccc54)cc3)s2)c(Cl)c1. The van der Waals surface area contributed by atoms with Gasteiger partial charge in [-0.3, -0.25) is 15.0 Å². The lowest BCUT2D eigenvalue weighted by Gasteiger charge is -2.26. The maximum absolute atomic E-state index is 13.1. The van der Waals surface area contributed by atoms with Gasteiger partial charge in [0.15, 0.2) is 5.13 Å². The van der Waals surface area contributed by atoms with Crippen LogP contribution in [0.1, 0.15) is 61.9 Å². The number of para-hydroxylation sites is 1. The van der Waals surface area contributed by atoms with E-state index in [9.17, 15) is 9.59 Å². The number of carbonyl (C=O) groups is 2. The summed E-state index contributed by atoms with van der Waals surface area (Å²) in [6.07, 6.45) is 9.32. The topological polar surface area (TPSA) is 101 Å². The van der Waals surface area contributed by atoms with Crippen LogP contribution >= 0.6 is 22.9 Å². The van der Waals surface area contributed by atoms with Crippen LogP contribution in [0.25, 0.3) is 16.6 Å². The predicted octanol–water partition coefficient (Wildman–Crippen LogP) is 9.08. The molecule has 0 aliphatic carbocycles. The highest BCUT2D eigenvalue weighted by molar-refractivity contribution is 7.17. The van der Waals surface area contributed by atoms with Gasteiger partial charge < -0.3 is 19.9 Å². The van der Waals surface area contributed by atoms with Crippen molar-refractivity contribution in [1.82, 2.24) is 19.8 Å². The fourth-order valence-corrected chi connectivity index (χ4v) is 6.77. The minimum absolute atomic E-state index is 0.113. The van der Waals surface area contributed by atoms with Crippen molar-refractivity contribution in [3.05, 3.63) is 95.3 Å². The van der Waals surface area contributed by atoms with Gasteiger partial charge in [-0.25, -0.2) is 9.78 Å². The van der Waals surface area contributed by atoms with Crippen LogP contribution in [0.2, 0.25) is 5.02 Å². The zero-order chi connectivity index (χ0) is 32.8. The van der Waals surface area contributed by atoms with Crippen molar-refractivity contribution >= 4 is 56.6 Å². The van der Waals surface area contributed by atoms with Gasteiger partial charge in [-0.15, -0.1) is 0 Å². The molecule has 0 bridgehead atoms. The molecule has 3 aromatic carbocycles. The Morgan fingerprint density at radius 3 is 2.49 bits per heavy atom. The first-order valence-electron chi connectivity index (χ1n) is 16.1. The summed E-state index contributed by atoms with van der Waals surface area (Å²) in [5.41, 5.74) is 4.55. The first-order chi connectivity index (χ1) is 22.9. The molecule has 0 spiro atoms. The number of benzene rings is 3. The molecular formula is C36H39ClN6O3S. The molecule has 2 aromatic heterocycles. The molecule has 0 radical (unpaired) electrons. The van der Waals surface area contributed by atoms with Crippen LogP contribution in [0.4, 0.5) is 15.6 Å². The van der Waals surface area contributed by atoms with Crippen LogP contribution in [-0.4, -0.2) is 45.5 Å². The molecule has 3 N–H and O–H groups in total. The van der Waals surface area contributed by atoms with E-state index in [0.29, 0.717) is 32.2 Å². The highest BCUT2D eigenvalue weighted by Crippen LogP contribution is 2.36. The number of rotatable bonds is 11. The molecule has 0 saturated carbocycles. The number of halogens is 1. The zero-order valence-corrected chi connectivity index (χ0v) is 28.2. The van der Waals surface area contributed by atoms with Crippen molar-refractivity contribution in [2.45, 2.75) is 58.5 Å². The van der Waals surface area contributed by atoms with Crippen molar-refractivity contribution in [1.29, 1.82) is 0 Å². The number of carbonyl (C=O) groups excluding carboxylic acids is 2. The number of anilines is 2. The number of ether oxygens (including phenoxy) is 1. The van der Waals surface area contributed by atoms with Crippen molar-refractivity contribution in [3.63, 3.8) is 0 Å². The molecule has 1 aliphatic heterocycles. The van der Waals surface area contributed by atoms with Gasteiger partial charge in [0.2, 0.25) is 5.06 Å². The number of likely N-dealkylation sites (tertiary alicyclic amines) is 1. The Kier molecular flexibility index (Phi) is 10.4. The fourth-order valence-electron chi connectivity index (χ4n) is 5.87. The number of amides is 3. The van der Waals surface area contributed by atoms with E-state index < -0.39 is 0 Å². The Hall–Kier alpha value is -4.38. The molecular weight excluding hydrogens is 632 g/mol. The fraction of sp³-hybridized carbons (Fsp3) is 0.306. The van der Waals surface area contributed by atoms with Crippen LogP contribution < -0.4 is 20.7 Å². The summed E-state index contributed by atoms with van der Waals surface area (Å²) in [5, 5.41) is 11.1. The standard InChI is InChI=1S/C36H39ClN6O3S/c1-3-26(4-2)39-35(45)40-27-14-17-32(30(37)20-27)46-33-21-38-36(47-33)41-34(44)24-12-15-28(16-13-24)43-23-25(22-42-18-8-5-9-19-42)29-10-6-7-11-31(29)43/h6-7,10-17,20-21,23,26H,3-5,8-9,18-19,22H2,1-2H3,(H,38,41,44)(H2,39,40,45). The Morgan fingerprint density at radius 2 is 1.74 bits per heavy atom. The highest BCUT2D eigenvalue weighted by atomic mass is 35.5. The second-order valence-electron chi connectivity index (χ2n) is 11.7. The monoisotopic (exact) mass is 670 g/mol. The van der Waals surface area contributed by atoms with Crippen LogP contribution in [0, 0.1) is 0 Å². The van der Waals surface area contributed by atoms with E-state index in [2.05, 4.69) is 60.9 Å². The van der Waals surface area contributed by atoms with Crippen LogP contribution in [0.5, 0.6) is 10.8 Å². The molecule has 47 heavy (non-hydrogen) atoms. The molecule has 1 saturated heterocycles. The van der Waals surface area contributed by atoms with E-state index in [1.807, 2.05) is 38.1 Å². The van der Waals surface area contributed by atoms with E-state index in [1.54, 1.807) is 18.2 Å². The number of urea groups is 1. The molecule has 3 amide bonds. The summed E-state index contributed by atoms with van der Waals surface area (Å²) in [5.74, 6) is 0.145. The third-order valence-electron chi connectivity index (χ3n) is 8.47. The van der Waals surface area contributed by atoms with Gasteiger partial charge in [0, 0.05) is 41.1 Å². The third-order valence-corrected chi connectivity index (χ3v) is 9.56. The van der Waals surface area contributed by atoms with Gasteiger partial charge in [-0.05, 0) is 92.9 Å². The quantitative estimate of drug-likeness (QED) is 0.130. The largest absolute Gasteiger partial charge is 0.443 e. The minimum Gasteiger partial charge on any atom is -0.443 e. The number of hydrogen-bond donors (Lipinski definition) is 3. The van der Waals surface area contributed by atoms with Crippen molar-refractivity contribution in [2.75, 3.05) is 23.7 Å². The summed E-state index contributed by atoms with van der Waals surface area (Å²) >= 11 is 7.64. The Morgan fingerprint density at radius 1 is 0.979 bits per heavy atom. The Balaban J connectivity index is 1.08. The molecule has 1 fully saturated rings. The highest BCUT2D eigenvalue weighted by Gasteiger charge is 2.17. The first kappa shape index (κ1) is 32.6. The number of thiazole rings is 1. The number of hydrogen-bond acceptors (Lipinski definition) is 6. The number of nitrogens with zero attached hydrogens (tertiary/aromatic N) is 3. The smallest absolute Gasteiger partial charge is 0.319 e.